The number of hydrogen-bond acceptors (Lipinski definition) is 2. The third-order valence-corrected chi connectivity index (χ3v) is 4.41. The first-order chi connectivity index (χ1) is 12.1. The molecule has 4 nitrogen and oxygen atoms in total. The Balaban J connectivity index is 1.68. The molecule has 1 heterocycles. The summed E-state index contributed by atoms with van der Waals surface area (Å²) in [5.41, 5.74) is 1.09. The zero-order valence-electron chi connectivity index (χ0n) is 14.0. The van der Waals surface area contributed by atoms with Crippen molar-refractivity contribution in [2.24, 2.45) is 0 Å². The Kier molecular flexibility index (Phi) is 5.43. The van der Waals surface area contributed by atoms with Crippen LogP contribution in [0.5, 0.6) is 0 Å². The van der Waals surface area contributed by atoms with Crippen LogP contribution in [0.1, 0.15) is 46.4 Å². The highest BCUT2D eigenvalue weighted by Gasteiger charge is 2.17. The van der Waals surface area contributed by atoms with Gasteiger partial charge in [-0.25, -0.2) is 4.39 Å². The average molecular weight is 340 g/mol. The standard InChI is InChI=1S/C20H21FN2O2/c21-17-7-3-4-8-18(17)22-19(24)15-9-11-16(12-10-15)20(25)23-13-5-1-2-6-14-23/h3-4,7-12H,1-2,5-6,13-14H2,(H,22,24). The van der Waals surface area contributed by atoms with Gasteiger partial charge in [0.05, 0.1) is 5.69 Å². The largest absolute Gasteiger partial charge is 0.339 e. The van der Waals surface area contributed by atoms with E-state index in [1.807, 2.05) is 4.90 Å². The average Bonchev–Trinajstić information content (AvgIpc) is 2.92. The van der Waals surface area contributed by atoms with Crippen molar-refractivity contribution in [2.75, 3.05) is 18.4 Å². The molecule has 1 saturated heterocycles. The summed E-state index contributed by atoms with van der Waals surface area (Å²) in [6.45, 7) is 1.57. The number of likely N-dealkylation sites (tertiary alicyclic amines) is 1. The molecular weight excluding hydrogens is 319 g/mol. The molecule has 130 valence electrons. The van der Waals surface area contributed by atoms with Crippen molar-refractivity contribution in [3.8, 4) is 0 Å². The van der Waals surface area contributed by atoms with Crippen molar-refractivity contribution in [1.82, 2.24) is 4.90 Å². The molecule has 0 spiro atoms. The molecule has 0 atom stereocenters. The van der Waals surface area contributed by atoms with E-state index in [2.05, 4.69) is 5.32 Å². The monoisotopic (exact) mass is 340 g/mol. The molecule has 0 radical (unpaired) electrons. The van der Waals surface area contributed by atoms with E-state index in [0.717, 1.165) is 25.9 Å². The number of benzene rings is 2. The highest BCUT2D eigenvalue weighted by Crippen LogP contribution is 2.16. The zero-order valence-corrected chi connectivity index (χ0v) is 14.0. The normalized spacial score (nSPS) is 14.7. The Labute approximate surface area is 146 Å². The van der Waals surface area contributed by atoms with Crippen LogP contribution in [0.15, 0.2) is 48.5 Å². The molecule has 0 saturated carbocycles. The summed E-state index contributed by atoms with van der Waals surface area (Å²) in [7, 11) is 0. The minimum atomic E-state index is -0.483. The van der Waals surface area contributed by atoms with Crippen molar-refractivity contribution >= 4 is 17.5 Å². The maximum Gasteiger partial charge on any atom is 0.255 e. The molecule has 3 rings (SSSR count). The number of carbonyl (C=O) groups excluding carboxylic acids is 2. The van der Waals surface area contributed by atoms with Crippen LogP contribution in [0.2, 0.25) is 0 Å². The smallest absolute Gasteiger partial charge is 0.255 e. The topological polar surface area (TPSA) is 49.4 Å². The molecule has 0 aliphatic carbocycles. The van der Waals surface area contributed by atoms with Gasteiger partial charge in [-0.2, -0.15) is 0 Å². The lowest BCUT2D eigenvalue weighted by Crippen LogP contribution is -2.31. The number of para-hydroxylation sites is 1. The molecule has 25 heavy (non-hydrogen) atoms. The molecule has 1 N–H and O–H groups in total. The fourth-order valence-corrected chi connectivity index (χ4v) is 2.98. The van der Waals surface area contributed by atoms with E-state index in [4.69, 9.17) is 0 Å². The Morgan fingerprint density at radius 2 is 1.44 bits per heavy atom. The number of amides is 2. The second-order valence-corrected chi connectivity index (χ2v) is 6.22. The number of nitrogens with one attached hydrogen (secondary N) is 1. The maximum atomic E-state index is 13.6. The lowest BCUT2D eigenvalue weighted by molar-refractivity contribution is 0.0761. The van der Waals surface area contributed by atoms with Gasteiger partial charge in [-0.05, 0) is 49.2 Å². The van der Waals surface area contributed by atoms with E-state index in [-0.39, 0.29) is 11.6 Å². The van der Waals surface area contributed by atoms with E-state index >= 15 is 0 Å². The minimum Gasteiger partial charge on any atom is -0.339 e. The van der Waals surface area contributed by atoms with Crippen molar-refractivity contribution in [1.29, 1.82) is 0 Å². The molecule has 2 amide bonds. The van der Waals surface area contributed by atoms with Gasteiger partial charge >= 0.3 is 0 Å². The summed E-state index contributed by atoms with van der Waals surface area (Å²) in [6.07, 6.45) is 4.40. The van der Waals surface area contributed by atoms with Gasteiger partial charge in [0.15, 0.2) is 0 Å². The van der Waals surface area contributed by atoms with Gasteiger partial charge < -0.3 is 10.2 Å². The summed E-state index contributed by atoms with van der Waals surface area (Å²) < 4.78 is 13.6. The fourth-order valence-electron chi connectivity index (χ4n) is 2.98. The van der Waals surface area contributed by atoms with Crippen LogP contribution in [0.4, 0.5) is 10.1 Å². The summed E-state index contributed by atoms with van der Waals surface area (Å²) in [4.78, 5) is 26.6. The summed E-state index contributed by atoms with van der Waals surface area (Å²) in [6, 6.07) is 12.5. The molecule has 2 aromatic carbocycles. The molecule has 2 aromatic rings. The summed E-state index contributed by atoms with van der Waals surface area (Å²) in [5.74, 6) is -0.884. The number of nitrogens with zero attached hydrogens (tertiary/aromatic N) is 1. The molecule has 0 bridgehead atoms. The maximum absolute atomic E-state index is 13.6. The predicted molar refractivity (Wildman–Crippen MR) is 95.2 cm³/mol. The first-order valence-corrected chi connectivity index (χ1v) is 8.60. The van der Waals surface area contributed by atoms with Crippen LogP contribution in [-0.2, 0) is 0 Å². The van der Waals surface area contributed by atoms with E-state index < -0.39 is 11.7 Å². The van der Waals surface area contributed by atoms with Crippen LogP contribution >= 0.6 is 0 Å². The fraction of sp³-hybridized carbons (Fsp3) is 0.300. The van der Waals surface area contributed by atoms with Crippen LogP contribution in [0, 0.1) is 5.82 Å². The minimum absolute atomic E-state index is 0.00274. The zero-order chi connectivity index (χ0) is 17.6. The van der Waals surface area contributed by atoms with Crippen molar-refractivity contribution in [3.05, 3.63) is 65.5 Å². The SMILES string of the molecule is O=C(Nc1ccccc1F)c1ccc(C(=O)N2CCCCCC2)cc1. The Bertz CT molecular complexity index is 751. The second kappa shape index (κ2) is 7.92. The summed E-state index contributed by atoms with van der Waals surface area (Å²) >= 11 is 0. The molecular formula is C20H21FN2O2. The van der Waals surface area contributed by atoms with Gasteiger partial charge in [0.1, 0.15) is 5.82 Å². The molecule has 1 fully saturated rings. The molecule has 0 aromatic heterocycles. The number of rotatable bonds is 3. The van der Waals surface area contributed by atoms with Gasteiger partial charge in [-0.15, -0.1) is 0 Å². The number of anilines is 1. The molecule has 1 aliphatic heterocycles. The van der Waals surface area contributed by atoms with Crippen molar-refractivity contribution in [3.63, 3.8) is 0 Å². The number of hydrogen-bond donors (Lipinski definition) is 1. The molecule has 0 unspecified atom stereocenters. The Morgan fingerprint density at radius 3 is 2.08 bits per heavy atom. The van der Waals surface area contributed by atoms with Gasteiger partial charge in [0.25, 0.3) is 11.8 Å². The van der Waals surface area contributed by atoms with Crippen molar-refractivity contribution in [2.45, 2.75) is 25.7 Å². The van der Waals surface area contributed by atoms with E-state index in [1.54, 1.807) is 36.4 Å². The van der Waals surface area contributed by atoms with E-state index in [0.29, 0.717) is 11.1 Å². The number of carbonyl (C=O) groups is 2. The quantitative estimate of drug-likeness (QED) is 0.915. The lowest BCUT2D eigenvalue weighted by atomic mass is 10.1. The first kappa shape index (κ1) is 17.1. The second-order valence-electron chi connectivity index (χ2n) is 6.22. The molecule has 1 aliphatic rings. The third kappa shape index (κ3) is 4.24. The summed E-state index contributed by atoms with van der Waals surface area (Å²) in [5, 5.41) is 2.54. The van der Waals surface area contributed by atoms with Crippen LogP contribution < -0.4 is 5.32 Å². The van der Waals surface area contributed by atoms with Gasteiger partial charge in [-0.3, -0.25) is 9.59 Å². The first-order valence-electron chi connectivity index (χ1n) is 8.60. The molecule has 5 heteroatoms. The van der Waals surface area contributed by atoms with Gasteiger partial charge in [0, 0.05) is 24.2 Å². The van der Waals surface area contributed by atoms with E-state index in [9.17, 15) is 14.0 Å². The lowest BCUT2D eigenvalue weighted by Gasteiger charge is -2.20. The van der Waals surface area contributed by atoms with Crippen LogP contribution in [0.25, 0.3) is 0 Å². The highest BCUT2D eigenvalue weighted by atomic mass is 19.1. The van der Waals surface area contributed by atoms with Crippen LogP contribution in [-0.4, -0.2) is 29.8 Å². The van der Waals surface area contributed by atoms with Crippen molar-refractivity contribution < 1.29 is 14.0 Å². The van der Waals surface area contributed by atoms with Gasteiger partial charge in [-0.1, -0.05) is 25.0 Å². The Hall–Kier alpha value is -2.69. The Morgan fingerprint density at radius 1 is 0.840 bits per heavy atom. The predicted octanol–water partition coefficient (Wildman–Crippen LogP) is 4.09. The van der Waals surface area contributed by atoms with Crippen LogP contribution in [0.3, 0.4) is 0 Å². The number of halogens is 1. The highest BCUT2D eigenvalue weighted by molar-refractivity contribution is 6.05. The van der Waals surface area contributed by atoms with E-state index in [1.165, 1.54) is 25.0 Å². The third-order valence-electron chi connectivity index (χ3n) is 4.41. The van der Waals surface area contributed by atoms with Gasteiger partial charge in [0.2, 0.25) is 0 Å².